The predicted octanol–water partition coefficient (Wildman–Crippen LogP) is 3.27. The average Bonchev–Trinajstić information content (AvgIpc) is 2.76. The standard InChI is InChI=1S/C13H22O2/c1-2-3-9-12-10-14-13(15-12)11-7-5-4-6-8-11/h4-5,11-13H,2-3,6-10H2,1H3. The van der Waals surface area contributed by atoms with E-state index in [1.165, 1.54) is 25.7 Å². The lowest BCUT2D eigenvalue weighted by Gasteiger charge is -2.23. The Balaban J connectivity index is 1.74. The molecule has 1 aliphatic carbocycles. The van der Waals surface area contributed by atoms with Crippen LogP contribution in [0.25, 0.3) is 0 Å². The van der Waals surface area contributed by atoms with Gasteiger partial charge in [-0.2, -0.15) is 0 Å². The van der Waals surface area contributed by atoms with Gasteiger partial charge in [-0.1, -0.05) is 31.9 Å². The van der Waals surface area contributed by atoms with Crippen molar-refractivity contribution in [3.63, 3.8) is 0 Å². The minimum Gasteiger partial charge on any atom is -0.350 e. The van der Waals surface area contributed by atoms with E-state index in [9.17, 15) is 0 Å². The van der Waals surface area contributed by atoms with Crippen molar-refractivity contribution in [3.8, 4) is 0 Å². The molecule has 0 spiro atoms. The third kappa shape index (κ3) is 3.05. The molecule has 2 aliphatic rings. The van der Waals surface area contributed by atoms with E-state index in [2.05, 4.69) is 19.1 Å². The molecule has 0 radical (unpaired) electrons. The van der Waals surface area contributed by atoms with Crippen molar-refractivity contribution in [1.29, 1.82) is 0 Å². The van der Waals surface area contributed by atoms with Crippen LogP contribution in [-0.4, -0.2) is 19.0 Å². The Labute approximate surface area is 92.6 Å². The molecule has 0 amide bonds. The fourth-order valence-corrected chi connectivity index (χ4v) is 2.36. The number of rotatable bonds is 4. The molecule has 1 fully saturated rings. The second kappa shape index (κ2) is 5.66. The Morgan fingerprint density at radius 1 is 1.33 bits per heavy atom. The maximum Gasteiger partial charge on any atom is 0.161 e. The topological polar surface area (TPSA) is 18.5 Å². The highest BCUT2D eigenvalue weighted by atomic mass is 16.7. The molecule has 0 saturated carbocycles. The normalized spacial score (nSPS) is 35.9. The Hall–Kier alpha value is -0.340. The van der Waals surface area contributed by atoms with Crippen LogP contribution in [-0.2, 0) is 9.47 Å². The van der Waals surface area contributed by atoms with E-state index in [1.54, 1.807) is 0 Å². The van der Waals surface area contributed by atoms with Crippen LogP contribution in [0.5, 0.6) is 0 Å². The fraction of sp³-hybridized carbons (Fsp3) is 0.846. The summed E-state index contributed by atoms with van der Waals surface area (Å²) in [5, 5.41) is 0. The van der Waals surface area contributed by atoms with E-state index in [0.717, 1.165) is 19.4 Å². The van der Waals surface area contributed by atoms with Gasteiger partial charge in [0.05, 0.1) is 12.7 Å². The Bertz CT molecular complexity index is 213. The molecule has 1 heterocycles. The van der Waals surface area contributed by atoms with Crippen molar-refractivity contribution in [2.75, 3.05) is 6.61 Å². The van der Waals surface area contributed by atoms with E-state index >= 15 is 0 Å². The number of unbranched alkanes of at least 4 members (excludes halogenated alkanes) is 1. The summed E-state index contributed by atoms with van der Waals surface area (Å²) in [6.07, 6.45) is 12.2. The summed E-state index contributed by atoms with van der Waals surface area (Å²) >= 11 is 0. The zero-order valence-corrected chi connectivity index (χ0v) is 9.65. The smallest absolute Gasteiger partial charge is 0.161 e. The number of hydrogen-bond acceptors (Lipinski definition) is 2. The summed E-state index contributed by atoms with van der Waals surface area (Å²) in [5.74, 6) is 0.599. The van der Waals surface area contributed by atoms with Crippen LogP contribution in [0, 0.1) is 5.92 Å². The lowest BCUT2D eigenvalue weighted by Crippen LogP contribution is -2.23. The van der Waals surface area contributed by atoms with Gasteiger partial charge in [0.15, 0.2) is 6.29 Å². The molecule has 1 aliphatic heterocycles. The summed E-state index contributed by atoms with van der Waals surface area (Å²) < 4.78 is 11.7. The SMILES string of the molecule is CCCCC1COC(C2CC=CCC2)O1. The van der Waals surface area contributed by atoms with Crippen LogP contribution in [0.15, 0.2) is 12.2 Å². The summed E-state index contributed by atoms with van der Waals surface area (Å²) in [6, 6.07) is 0. The van der Waals surface area contributed by atoms with Crippen LogP contribution in [0.2, 0.25) is 0 Å². The van der Waals surface area contributed by atoms with Crippen molar-refractivity contribution in [2.45, 2.75) is 57.8 Å². The zero-order chi connectivity index (χ0) is 10.5. The molecule has 86 valence electrons. The molecule has 2 rings (SSSR count). The van der Waals surface area contributed by atoms with Gasteiger partial charge in [-0.05, 0) is 25.7 Å². The quantitative estimate of drug-likeness (QED) is 0.663. The van der Waals surface area contributed by atoms with E-state index < -0.39 is 0 Å². The van der Waals surface area contributed by atoms with E-state index in [0.29, 0.717) is 12.0 Å². The molecular formula is C13H22O2. The van der Waals surface area contributed by atoms with Crippen molar-refractivity contribution in [3.05, 3.63) is 12.2 Å². The van der Waals surface area contributed by atoms with Gasteiger partial charge >= 0.3 is 0 Å². The molecule has 15 heavy (non-hydrogen) atoms. The van der Waals surface area contributed by atoms with Gasteiger partial charge in [0, 0.05) is 5.92 Å². The molecule has 3 unspecified atom stereocenters. The van der Waals surface area contributed by atoms with E-state index in [-0.39, 0.29) is 6.29 Å². The van der Waals surface area contributed by atoms with Gasteiger partial charge in [0.25, 0.3) is 0 Å². The lowest BCUT2D eigenvalue weighted by atomic mass is 9.94. The molecule has 0 aromatic rings. The summed E-state index contributed by atoms with van der Waals surface area (Å²) in [7, 11) is 0. The average molecular weight is 210 g/mol. The highest BCUT2D eigenvalue weighted by molar-refractivity contribution is 4.91. The molecule has 0 bridgehead atoms. The maximum atomic E-state index is 5.95. The molecule has 0 aromatic heterocycles. The Morgan fingerprint density at radius 2 is 2.27 bits per heavy atom. The minimum atomic E-state index is 0.0804. The number of allylic oxidation sites excluding steroid dienone is 2. The minimum absolute atomic E-state index is 0.0804. The van der Waals surface area contributed by atoms with Gasteiger partial charge in [-0.25, -0.2) is 0 Å². The van der Waals surface area contributed by atoms with E-state index in [1.807, 2.05) is 0 Å². The first kappa shape index (κ1) is 11.2. The third-order valence-electron chi connectivity index (χ3n) is 3.35. The van der Waals surface area contributed by atoms with Crippen molar-refractivity contribution < 1.29 is 9.47 Å². The monoisotopic (exact) mass is 210 g/mol. The van der Waals surface area contributed by atoms with Crippen molar-refractivity contribution >= 4 is 0 Å². The first-order chi connectivity index (χ1) is 7.40. The van der Waals surface area contributed by atoms with Gasteiger partial charge in [-0.15, -0.1) is 0 Å². The van der Waals surface area contributed by atoms with Crippen molar-refractivity contribution in [2.24, 2.45) is 5.92 Å². The second-order valence-corrected chi connectivity index (χ2v) is 4.65. The van der Waals surface area contributed by atoms with Gasteiger partial charge in [0.2, 0.25) is 0 Å². The molecule has 3 atom stereocenters. The predicted molar refractivity (Wildman–Crippen MR) is 60.6 cm³/mol. The first-order valence-corrected chi connectivity index (χ1v) is 6.32. The first-order valence-electron chi connectivity index (χ1n) is 6.32. The zero-order valence-electron chi connectivity index (χ0n) is 9.65. The molecule has 0 N–H and O–H groups in total. The molecule has 2 heteroatoms. The Morgan fingerprint density at radius 3 is 3.00 bits per heavy atom. The molecule has 2 nitrogen and oxygen atoms in total. The summed E-state index contributed by atoms with van der Waals surface area (Å²) in [6.45, 7) is 3.03. The van der Waals surface area contributed by atoms with Crippen LogP contribution in [0.3, 0.4) is 0 Å². The lowest BCUT2D eigenvalue weighted by molar-refractivity contribution is -0.0990. The van der Waals surface area contributed by atoms with Crippen LogP contribution < -0.4 is 0 Å². The number of ether oxygens (including phenoxy) is 2. The third-order valence-corrected chi connectivity index (χ3v) is 3.35. The largest absolute Gasteiger partial charge is 0.350 e. The second-order valence-electron chi connectivity index (χ2n) is 4.65. The highest BCUT2D eigenvalue weighted by Crippen LogP contribution is 2.29. The molecule has 0 aromatic carbocycles. The molecular weight excluding hydrogens is 188 g/mol. The molecule has 1 saturated heterocycles. The summed E-state index contributed by atoms with van der Waals surface area (Å²) in [4.78, 5) is 0. The van der Waals surface area contributed by atoms with Gasteiger partial charge in [-0.3, -0.25) is 0 Å². The van der Waals surface area contributed by atoms with Crippen LogP contribution >= 0.6 is 0 Å². The van der Waals surface area contributed by atoms with Gasteiger partial charge in [0.1, 0.15) is 0 Å². The van der Waals surface area contributed by atoms with Gasteiger partial charge < -0.3 is 9.47 Å². The maximum absolute atomic E-state index is 5.95. The highest BCUT2D eigenvalue weighted by Gasteiger charge is 2.31. The fourth-order valence-electron chi connectivity index (χ4n) is 2.36. The van der Waals surface area contributed by atoms with E-state index in [4.69, 9.17) is 9.47 Å². The van der Waals surface area contributed by atoms with Crippen molar-refractivity contribution in [1.82, 2.24) is 0 Å². The Kier molecular flexibility index (Phi) is 4.21. The number of hydrogen-bond donors (Lipinski definition) is 0. The summed E-state index contributed by atoms with van der Waals surface area (Å²) in [5.41, 5.74) is 0. The van der Waals surface area contributed by atoms with Crippen LogP contribution in [0.1, 0.15) is 45.4 Å². The van der Waals surface area contributed by atoms with Crippen LogP contribution in [0.4, 0.5) is 0 Å².